The van der Waals surface area contributed by atoms with Crippen LogP contribution in [0.25, 0.3) is 0 Å². The lowest BCUT2D eigenvalue weighted by molar-refractivity contribution is -0.142. The molecule has 0 radical (unpaired) electrons. The molecule has 5 rings (SSSR count). The Morgan fingerprint density at radius 3 is 2.15 bits per heavy atom. The number of carboxylic acids is 2. The minimum Gasteiger partial charge on any atom is -0.508 e. The summed E-state index contributed by atoms with van der Waals surface area (Å²) in [5.74, 6) is -10.6. The SMILES string of the molecule is CC(C)C[C@@H]1CC(=O)CNC(=O)[C@H](Cc2ccc(O)c(Cl)c2)CC(=O)[C@@H]2C[C@@H](O)CN2C(=O)[C@@H](NC(=O)[C@@H](CCC(=O)O)CC(=O)[C@H](Cc2ccc(O)cc2)NC(=O)CN2CCNCCN(CC(=O)O)CC2)CSSC[C@@H](C)NC1=O. The van der Waals surface area contributed by atoms with Gasteiger partial charge in [0.15, 0.2) is 17.3 Å². The van der Waals surface area contributed by atoms with Crippen LogP contribution in [0.2, 0.25) is 5.02 Å². The van der Waals surface area contributed by atoms with Crippen molar-refractivity contribution in [2.24, 2.45) is 23.7 Å². The van der Waals surface area contributed by atoms with Crippen LogP contribution in [-0.2, 0) is 60.8 Å². The number of carbonyl (C=O) groups excluding carboxylic acids is 8. The van der Waals surface area contributed by atoms with Gasteiger partial charge in [-0.25, -0.2) is 0 Å². The number of ketones is 3. The zero-order chi connectivity index (χ0) is 59.3. The van der Waals surface area contributed by atoms with E-state index in [9.17, 15) is 73.5 Å². The number of benzene rings is 2. The molecule has 3 aliphatic rings. The fourth-order valence-electron chi connectivity index (χ4n) is 10.0. The lowest BCUT2D eigenvalue weighted by Gasteiger charge is -2.30. The number of Topliss-reactive ketones (excluding diaryl/α,β-unsaturated/α-hetero) is 3. The molecule has 446 valence electrons. The fourth-order valence-corrected chi connectivity index (χ4v) is 12.6. The second kappa shape index (κ2) is 32.7. The third-order valence-corrected chi connectivity index (χ3v) is 17.1. The summed E-state index contributed by atoms with van der Waals surface area (Å²) >= 11 is 6.21. The number of aromatic hydroxyl groups is 2. The van der Waals surface area contributed by atoms with E-state index < -0.39 is 127 Å². The predicted molar refractivity (Wildman–Crippen MR) is 303 cm³/mol. The minimum absolute atomic E-state index is 0.0163. The van der Waals surface area contributed by atoms with Gasteiger partial charge in [-0.05, 0) is 73.9 Å². The number of nitrogens with zero attached hydrogens (tertiary/aromatic N) is 3. The van der Waals surface area contributed by atoms with Gasteiger partial charge in [-0.2, -0.15) is 0 Å². The van der Waals surface area contributed by atoms with Crippen molar-refractivity contribution < 1.29 is 73.5 Å². The molecule has 3 aliphatic heterocycles. The van der Waals surface area contributed by atoms with Crippen molar-refractivity contribution in [2.45, 2.75) is 109 Å². The van der Waals surface area contributed by atoms with E-state index in [4.69, 9.17) is 11.6 Å². The summed E-state index contributed by atoms with van der Waals surface area (Å²) < 4.78 is 0. The van der Waals surface area contributed by atoms with Crippen molar-refractivity contribution in [3.8, 4) is 11.5 Å². The molecular weight excluding hydrogens is 1110 g/mol. The number of amides is 5. The quantitative estimate of drug-likeness (QED) is 0.0889. The summed E-state index contributed by atoms with van der Waals surface area (Å²) in [4.78, 5) is 142. The number of hydrogen-bond donors (Lipinski definition) is 10. The van der Waals surface area contributed by atoms with Crippen LogP contribution < -0.4 is 26.6 Å². The smallest absolute Gasteiger partial charge is 0.317 e. The molecule has 8 atom stereocenters. The first-order chi connectivity index (χ1) is 38.4. The van der Waals surface area contributed by atoms with Crippen LogP contribution in [0.5, 0.6) is 11.5 Å². The Hall–Kier alpha value is -5.83. The Balaban J connectivity index is 1.43. The maximum Gasteiger partial charge on any atom is 0.317 e. The van der Waals surface area contributed by atoms with Gasteiger partial charge >= 0.3 is 11.9 Å². The molecule has 0 bridgehead atoms. The van der Waals surface area contributed by atoms with E-state index in [0.29, 0.717) is 62.6 Å². The van der Waals surface area contributed by atoms with E-state index in [1.54, 1.807) is 24.0 Å². The molecule has 81 heavy (non-hydrogen) atoms. The molecule has 0 saturated carbocycles. The zero-order valence-electron chi connectivity index (χ0n) is 45.9. The van der Waals surface area contributed by atoms with Crippen molar-refractivity contribution in [2.75, 3.05) is 77.0 Å². The third-order valence-electron chi connectivity index (χ3n) is 14.2. The van der Waals surface area contributed by atoms with E-state index in [0.717, 1.165) is 15.7 Å². The van der Waals surface area contributed by atoms with Gasteiger partial charge in [-0.3, -0.25) is 57.7 Å². The van der Waals surface area contributed by atoms with Crippen molar-refractivity contribution in [3.05, 3.63) is 58.6 Å². The molecule has 0 aliphatic carbocycles. The molecule has 3 heterocycles. The maximum atomic E-state index is 14.9. The first kappa shape index (κ1) is 66.0. The number of rotatable bonds is 19. The molecule has 3 saturated heterocycles. The molecule has 23 nitrogen and oxygen atoms in total. The third kappa shape index (κ3) is 22.5. The zero-order valence-corrected chi connectivity index (χ0v) is 48.3. The summed E-state index contributed by atoms with van der Waals surface area (Å²) in [6.07, 6.45) is -3.44. The summed E-state index contributed by atoms with van der Waals surface area (Å²) in [6.45, 7) is 7.06. The first-order valence-corrected chi connectivity index (χ1v) is 30.1. The van der Waals surface area contributed by atoms with Gasteiger partial charge in [0.05, 0.1) is 42.8 Å². The Labute approximate surface area is 484 Å². The second-order valence-electron chi connectivity index (χ2n) is 21.6. The number of phenolic OH excluding ortho intramolecular Hbond substituents is 2. The lowest BCUT2D eigenvalue weighted by Crippen LogP contribution is -2.54. The number of aliphatic hydroxyl groups excluding tert-OH is 1. The number of carboxylic acid groups (broad SMARTS) is 2. The van der Waals surface area contributed by atoms with Crippen molar-refractivity contribution in [3.63, 3.8) is 0 Å². The van der Waals surface area contributed by atoms with E-state index in [1.807, 2.05) is 18.7 Å². The topological polar surface area (TPSA) is 342 Å². The number of carbonyl (C=O) groups is 10. The van der Waals surface area contributed by atoms with Gasteiger partial charge in [-0.15, -0.1) is 0 Å². The molecule has 10 N–H and O–H groups in total. The molecule has 2 aromatic carbocycles. The average molecular weight is 1190 g/mol. The van der Waals surface area contributed by atoms with Gasteiger partial charge in [0.1, 0.15) is 17.5 Å². The highest BCUT2D eigenvalue weighted by atomic mass is 35.5. The highest BCUT2D eigenvalue weighted by Gasteiger charge is 2.43. The molecule has 0 aromatic heterocycles. The predicted octanol–water partition coefficient (Wildman–Crippen LogP) is 1.41. The number of hydrogen-bond acceptors (Lipinski definition) is 18. The normalized spacial score (nSPS) is 23.6. The molecule has 0 spiro atoms. The van der Waals surface area contributed by atoms with Crippen LogP contribution in [-0.4, -0.2) is 206 Å². The standard InChI is InChI=1S/C55H77ClN8O15S2/c1-32(2)18-37-22-40(66)26-58-52(76)38(19-35-6-10-46(68)42(56)20-35)24-48(70)45-25-41(67)27-64(45)55(79)44(31-81-80-30-33(3)59-54(37)78)61-53(77)36(7-11-50(72)73)23-47(69)43(21-34-4-8-39(65)9-5-34)60-49(71)28-62-14-12-57-13-15-63(17-16-62)29-51(74)75/h4-6,8-10,20,32-33,36-38,41,43-45,57,65,67-68H,7,11-19,21-31H2,1-3H3,(H,58,76)(H,59,78)(H,60,71)(H,61,77)(H,72,73)(H,74,75)/t33-,36+,37-,38-,41-,43+,44+,45+/m1/s1. The summed E-state index contributed by atoms with van der Waals surface area (Å²) in [5.41, 5.74) is 0.991. The van der Waals surface area contributed by atoms with Gasteiger partial charge in [-0.1, -0.05) is 65.2 Å². The number of aliphatic carboxylic acids is 2. The van der Waals surface area contributed by atoms with E-state index in [1.165, 1.54) is 41.1 Å². The van der Waals surface area contributed by atoms with Crippen molar-refractivity contribution in [1.29, 1.82) is 0 Å². The number of phenols is 2. The molecule has 5 amide bonds. The first-order valence-electron chi connectivity index (χ1n) is 27.3. The molecule has 0 unspecified atom stereocenters. The van der Waals surface area contributed by atoms with Gasteiger partial charge in [0.2, 0.25) is 29.5 Å². The Morgan fingerprint density at radius 1 is 0.827 bits per heavy atom. The van der Waals surface area contributed by atoms with Gasteiger partial charge in [0, 0.05) is 113 Å². The lowest BCUT2D eigenvalue weighted by atomic mass is 9.90. The van der Waals surface area contributed by atoms with E-state index in [2.05, 4.69) is 26.6 Å². The highest BCUT2D eigenvalue weighted by Crippen LogP contribution is 2.30. The fraction of sp³-hybridized carbons (Fsp3) is 0.600. The highest BCUT2D eigenvalue weighted by molar-refractivity contribution is 8.76. The summed E-state index contributed by atoms with van der Waals surface area (Å²) in [5, 5.41) is 64.7. The van der Waals surface area contributed by atoms with Crippen LogP contribution in [0, 0.1) is 23.7 Å². The van der Waals surface area contributed by atoms with E-state index >= 15 is 0 Å². The van der Waals surface area contributed by atoms with Crippen LogP contribution in [0.15, 0.2) is 42.5 Å². The van der Waals surface area contributed by atoms with Crippen molar-refractivity contribution in [1.82, 2.24) is 41.3 Å². The summed E-state index contributed by atoms with van der Waals surface area (Å²) in [7, 11) is 2.41. The van der Waals surface area contributed by atoms with Crippen LogP contribution >= 0.6 is 33.2 Å². The average Bonchev–Trinajstić information content (AvgIpc) is 3.84. The van der Waals surface area contributed by atoms with Gasteiger partial charge in [0.25, 0.3) is 0 Å². The number of nitrogens with one attached hydrogen (secondary N) is 5. The molecule has 2 aromatic rings. The maximum absolute atomic E-state index is 14.9. The van der Waals surface area contributed by atoms with E-state index in [-0.39, 0.29) is 85.8 Å². The minimum atomic E-state index is -1.44. The summed E-state index contributed by atoms with van der Waals surface area (Å²) in [6, 6.07) is 5.71. The van der Waals surface area contributed by atoms with Crippen LogP contribution in [0.4, 0.5) is 0 Å². The number of halogens is 1. The largest absolute Gasteiger partial charge is 0.508 e. The van der Waals surface area contributed by atoms with Crippen LogP contribution in [0.3, 0.4) is 0 Å². The number of fused-ring (bicyclic) bond motifs is 1. The monoisotopic (exact) mass is 1190 g/mol. The Bertz CT molecular complexity index is 2550. The number of aliphatic hydroxyl groups is 1. The second-order valence-corrected chi connectivity index (χ2v) is 24.5. The molecule has 3 fully saturated rings. The molecule has 26 heteroatoms. The molecular formula is C55H77ClN8O15S2. The Morgan fingerprint density at radius 2 is 1.49 bits per heavy atom. The van der Waals surface area contributed by atoms with Crippen molar-refractivity contribution >= 4 is 92.0 Å². The van der Waals surface area contributed by atoms with Crippen LogP contribution in [0.1, 0.15) is 76.8 Å². The Kier molecular flexibility index (Phi) is 26.6. The van der Waals surface area contributed by atoms with Gasteiger partial charge < -0.3 is 57.0 Å².